The van der Waals surface area contributed by atoms with Gasteiger partial charge < -0.3 is 15.5 Å². The molecule has 0 atom stereocenters. The van der Waals surface area contributed by atoms with Gasteiger partial charge in [-0.2, -0.15) is 0 Å². The number of methoxy groups -OCH3 is 1. The summed E-state index contributed by atoms with van der Waals surface area (Å²) in [6.45, 7) is 0. The number of carbonyl (C=O) groups is 1. The second kappa shape index (κ2) is 4.06. The first kappa shape index (κ1) is 10.2. The number of imidazole rings is 1. The monoisotopic (exact) mass is 217 g/mol. The predicted octanol–water partition coefficient (Wildman–Crippen LogP) is 1.23. The van der Waals surface area contributed by atoms with Gasteiger partial charge in [-0.15, -0.1) is 0 Å². The molecular formula is C11H11N3O2. The molecule has 0 aliphatic carbocycles. The number of aromatic nitrogens is 2. The highest BCUT2D eigenvalue weighted by molar-refractivity contribution is 6.11. The van der Waals surface area contributed by atoms with Crippen molar-refractivity contribution in [2.24, 2.45) is 0 Å². The molecule has 0 amide bonds. The van der Waals surface area contributed by atoms with Crippen molar-refractivity contribution in [3.8, 4) is 5.75 Å². The van der Waals surface area contributed by atoms with E-state index in [4.69, 9.17) is 10.5 Å². The first-order chi connectivity index (χ1) is 7.74. The topological polar surface area (TPSA) is 81.0 Å². The number of aromatic amines is 1. The van der Waals surface area contributed by atoms with Crippen LogP contribution in [0.1, 0.15) is 16.2 Å². The third-order valence-corrected chi connectivity index (χ3v) is 2.22. The Balaban J connectivity index is 2.51. The summed E-state index contributed by atoms with van der Waals surface area (Å²) in [5, 5.41) is 0. The molecule has 16 heavy (non-hydrogen) atoms. The second-order valence-electron chi connectivity index (χ2n) is 3.19. The molecular weight excluding hydrogens is 206 g/mol. The zero-order valence-electron chi connectivity index (χ0n) is 8.73. The molecule has 5 nitrogen and oxygen atoms in total. The zero-order chi connectivity index (χ0) is 11.5. The number of nitrogens with zero attached hydrogens (tertiary/aromatic N) is 1. The van der Waals surface area contributed by atoms with Gasteiger partial charge in [0, 0.05) is 18.1 Å². The number of carbonyl (C=O) groups excluding carboxylic acids is 1. The van der Waals surface area contributed by atoms with Crippen molar-refractivity contribution < 1.29 is 9.53 Å². The molecule has 0 aliphatic heterocycles. The Kier molecular flexibility index (Phi) is 2.59. The van der Waals surface area contributed by atoms with Crippen LogP contribution < -0.4 is 10.5 Å². The Labute approximate surface area is 92.3 Å². The number of nitrogens with one attached hydrogen (secondary N) is 1. The van der Waals surface area contributed by atoms with Crippen molar-refractivity contribution in [1.29, 1.82) is 0 Å². The first-order valence-electron chi connectivity index (χ1n) is 4.70. The van der Waals surface area contributed by atoms with Crippen LogP contribution in [0.5, 0.6) is 5.75 Å². The number of anilines is 1. The van der Waals surface area contributed by atoms with E-state index in [0.717, 1.165) is 0 Å². The lowest BCUT2D eigenvalue weighted by Gasteiger charge is -2.08. The molecule has 2 aromatic rings. The maximum atomic E-state index is 12.1. The summed E-state index contributed by atoms with van der Waals surface area (Å²) >= 11 is 0. The van der Waals surface area contributed by atoms with E-state index in [9.17, 15) is 4.79 Å². The van der Waals surface area contributed by atoms with E-state index >= 15 is 0 Å². The number of ketones is 1. The summed E-state index contributed by atoms with van der Waals surface area (Å²) in [5.74, 6) is 0.414. The Bertz CT molecular complexity index is 506. The summed E-state index contributed by atoms with van der Waals surface area (Å²) in [6.07, 6.45) is 3.09. The van der Waals surface area contributed by atoms with Gasteiger partial charge in [-0.05, 0) is 12.1 Å². The molecule has 2 rings (SSSR count). The normalized spacial score (nSPS) is 10.1. The summed E-state index contributed by atoms with van der Waals surface area (Å²) in [7, 11) is 1.49. The zero-order valence-corrected chi connectivity index (χ0v) is 8.73. The number of ether oxygens (including phenoxy) is 1. The van der Waals surface area contributed by atoms with E-state index in [-0.39, 0.29) is 11.6 Å². The first-order valence-corrected chi connectivity index (χ1v) is 4.70. The molecule has 3 N–H and O–H groups in total. The summed E-state index contributed by atoms with van der Waals surface area (Å²) in [5.41, 5.74) is 6.47. The van der Waals surface area contributed by atoms with Gasteiger partial charge in [-0.3, -0.25) is 4.79 Å². The molecule has 0 bridgehead atoms. The van der Waals surface area contributed by atoms with E-state index in [1.165, 1.54) is 13.3 Å². The minimum Gasteiger partial charge on any atom is -0.496 e. The third-order valence-electron chi connectivity index (χ3n) is 2.22. The minimum absolute atomic E-state index is 0.246. The molecule has 0 fully saturated rings. The molecule has 5 heteroatoms. The van der Waals surface area contributed by atoms with E-state index < -0.39 is 0 Å². The molecule has 1 aromatic heterocycles. The smallest absolute Gasteiger partial charge is 0.234 e. The Hall–Kier alpha value is -2.30. The standard InChI is InChI=1S/C11H11N3O2/c1-16-8-4-2-3-7(12)9(8)10(15)11-13-5-6-14-11/h2-6H,12H2,1H3,(H,13,14). The van der Waals surface area contributed by atoms with Crippen LogP contribution in [-0.4, -0.2) is 22.9 Å². The van der Waals surface area contributed by atoms with Crippen molar-refractivity contribution in [2.75, 3.05) is 12.8 Å². The second-order valence-corrected chi connectivity index (χ2v) is 3.19. The molecule has 82 valence electrons. The van der Waals surface area contributed by atoms with Crippen LogP contribution in [-0.2, 0) is 0 Å². The van der Waals surface area contributed by atoms with E-state index in [1.54, 1.807) is 24.4 Å². The fraction of sp³-hybridized carbons (Fsp3) is 0.0909. The van der Waals surface area contributed by atoms with Crippen molar-refractivity contribution in [1.82, 2.24) is 9.97 Å². The quantitative estimate of drug-likeness (QED) is 0.598. The van der Waals surface area contributed by atoms with Gasteiger partial charge >= 0.3 is 0 Å². The lowest BCUT2D eigenvalue weighted by Crippen LogP contribution is -2.09. The summed E-state index contributed by atoms with van der Waals surface area (Å²) in [6, 6.07) is 5.07. The molecule has 0 aliphatic rings. The summed E-state index contributed by atoms with van der Waals surface area (Å²) in [4.78, 5) is 18.7. The van der Waals surface area contributed by atoms with Crippen LogP contribution in [0.3, 0.4) is 0 Å². The SMILES string of the molecule is COc1cccc(N)c1C(=O)c1ncc[nH]1. The van der Waals surface area contributed by atoms with Crippen molar-refractivity contribution in [3.63, 3.8) is 0 Å². The van der Waals surface area contributed by atoms with E-state index in [1.807, 2.05) is 0 Å². The van der Waals surface area contributed by atoms with Crippen molar-refractivity contribution >= 4 is 11.5 Å². The van der Waals surface area contributed by atoms with Crippen LogP contribution in [0.2, 0.25) is 0 Å². The average molecular weight is 217 g/mol. The van der Waals surface area contributed by atoms with E-state index in [2.05, 4.69) is 9.97 Å². The van der Waals surface area contributed by atoms with E-state index in [0.29, 0.717) is 17.0 Å². The maximum Gasteiger partial charge on any atom is 0.234 e. The van der Waals surface area contributed by atoms with Gasteiger partial charge in [0.15, 0.2) is 5.82 Å². The molecule has 0 spiro atoms. The van der Waals surface area contributed by atoms with Crippen LogP contribution in [0, 0.1) is 0 Å². The van der Waals surface area contributed by atoms with Crippen LogP contribution in [0.15, 0.2) is 30.6 Å². The number of H-pyrrole nitrogens is 1. The Morgan fingerprint density at radius 1 is 1.50 bits per heavy atom. The van der Waals surface area contributed by atoms with Crippen molar-refractivity contribution in [3.05, 3.63) is 42.0 Å². The van der Waals surface area contributed by atoms with Gasteiger partial charge in [-0.25, -0.2) is 4.98 Å². The van der Waals surface area contributed by atoms with Crippen LogP contribution >= 0.6 is 0 Å². The largest absolute Gasteiger partial charge is 0.496 e. The fourth-order valence-electron chi connectivity index (χ4n) is 1.47. The van der Waals surface area contributed by atoms with Gasteiger partial charge in [0.05, 0.1) is 12.7 Å². The molecule has 1 aromatic carbocycles. The molecule has 0 saturated heterocycles. The van der Waals surface area contributed by atoms with Gasteiger partial charge in [0.1, 0.15) is 5.75 Å². The minimum atomic E-state index is -0.278. The van der Waals surface area contributed by atoms with Crippen LogP contribution in [0.25, 0.3) is 0 Å². The maximum absolute atomic E-state index is 12.1. The molecule has 0 radical (unpaired) electrons. The molecule has 0 saturated carbocycles. The van der Waals surface area contributed by atoms with Crippen molar-refractivity contribution in [2.45, 2.75) is 0 Å². The number of nitrogen functional groups attached to an aromatic ring is 1. The lowest BCUT2D eigenvalue weighted by atomic mass is 10.1. The number of rotatable bonds is 3. The molecule has 1 heterocycles. The Morgan fingerprint density at radius 3 is 2.94 bits per heavy atom. The highest BCUT2D eigenvalue weighted by atomic mass is 16.5. The number of hydrogen-bond acceptors (Lipinski definition) is 4. The lowest BCUT2D eigenvalue weighted by molar-refractivity contribution is 0.102. The average Bonchev–Trinajstić information content (AvgIpc) is 2.81. The number of nitrogens with two attached hydrogens (primary N) is 1. The fourth-order valence-corrected chi connectivity index (χ4v) is 1.47. The number of benzene rings is 1. The third kappa shape index (κ3) is 1.63. The number of hydrogen-bond donors (Lipinski definition) is 2. The molecule has 0 unspecified atom stereocenters. The predicted molar refractivity (Wildman–Crippen MR) is 59.4 cm³/mol. The summed E-state index contributed by atoms with van der Waals surface area (Å²) < 4.78 is 5.10. The highest BCUT2D eigenvalue weighted by Gasteiger charge is 2.19. The van der Waals surface area contributed by atoms with Crippen LogP contribution in [0.4, 0.5) is 5.69 Å². The van der Waals surface area contributed by atoms with Gasteiger partial charge in [-0.1, -0.05) is 6.07 Å². The van der Waals surface area contributed by atoms with Gasteiger partial charge in [0.25, 0.3) is 0 Å². The Morgan fingerprint density at radius 2 is 2.31 bits per heavy atom. The van der Waals surface area contributed by atoms with Gasteiger partial charge in [0.2, 0.25) is 5.78 Å². The highest BCUT2D eigenvalue weighted by Crippen LogP contribution is 2.25.